The van der Waals surface area contributed by atoms with Gasteiger partial charge < -0.3 is 0 Å². The van der Waals surface area contributed by atoms with Crippen LogP contribution >= 0.6 is 0 Å². The number of hydrogen-bond acceptors (Lipinski definition) is 2. The van der Waals surface area contributed by atoms with Crippen LogP contribution in [0.3, 0.4) is 0 Å². The Hall–Kier alpha value is -0.310. The highest BCUT2D eigenvalue weighted by molar-refractivity contribution is 7.76. The molecule has 1 unspecified atom stereocenters. The fourth-order valence-corrected chi connectivity index (χ4v) is 0. The van der Waals surface area contributed by atoms with Gasteiger partial charge in [0.15, 0.2) is 0 Å². The smallest absolute Gasteiger partial charge is 0.0540 e. The molecule has 0 saturated heterocycles. The summed E-state index contributed by atoms with van der Waals surface area (Å²) in [6.07, 6.45) is 0. The Morgan fingerprint density at radius 2 is 2.20 bits per heavy atom. The summed E-state index contributed by atoms with van der Waals surface area (Å²) in [6, 6.07) is 0. The molecule has 0 aliphatic heterocycles. The van der Waals surface area contributed by atoms with E-state index < -0.39 is 10.6 Å². The molecule has 1 N–H and O–H groups in total. The molecule has 0 spiro atoms. The van der Waals surface area contributed by atoms with E-state index in [9.17, 15) is 4.21 Å². The predicted molar refractivity (Wildman–Crippen MR) is 22.5 cm³/mol. The minimum absolute atomic E-state index is 1.09. The first-order valence-corrected chi connectivity index (χ1v) is 2.40. The van der Waals surface area contributed by atoms with Gasteiger partial charge in [-0.05, 0) is 0 Å². The molecule has 0 aromatic rings. The van der Waals surface area contributed by atoms with Gasteiger partial charge in [0, 0.05) is 5.41 Å². The number of rotatable bonds is 1. The Balaban J connectivity index is 3.69. The molecule has 0 radical (unpaired) electrons. The van der Waals surface area contributed by atoms with Crippen LogP contribution < -0.4 is 0 Å². The van der Waals surface area contributed by atoms with Crippen molar-refractivity contribution in [3.05, 3.63) is 12.0 Å². The summed E-state index contributed by atoms with van der Waals surface area (Å²) in [5.41, 5.74) is 0. The van der Waals surface area contributed by atoms with Crippen LogP contribution in [-0.4, -0.2) is 4.21 Å². The molecule has 30 valence electrons. The standard InChI is InChI=1S/C2H5NOS/c1-2-5(3)4/h2-3,5H,1H2. The molecule has 5 heavy (non-hydrogen) atoms. The molecule has 0 aliphatic rings. The molecule has 0 rings (SSSR count). The Labute approximate surface area is 32.5 Å². The predicted octanol–water partition coefficient (Wildman–Crippen LogP) is 0.373. The Kier molecular flexibility index (Phi) is 1.84. The van der Waals surface area contributed by atoms with E-state index in [0.717, 1.165) is 5.41 Å². The van der Waals surface area contributed by atoms with Gasteiger partial charge in [0.25, 0.3) is 0 Å². The highest BCUT2D eigenvalue weighted by Crippen LogP contribution is 1.56. The highest BCUT2D eigenvalue weighted by atomic mass is 32.2. The minimum Gasteiger partial charge on any atom is -0.252 e. The second kappa shape index (κ2) is 1.96. The molecule has 0 bridgehead atoms. The molecular weight excluding hydrogens is 86.1 g/mol. The maximum absolute atomic E-state index is 9.51. The first-order chi connectivity index (χ1) is 2.27. The highest BCUT2D eigenvalue weighted by Gasteiger charge is 1.49. The Morgan fingerprint density at radius 3 is 2.20 bits per heavy atom. The lowest BCUT2D eigenvalue weighted by Crippen LogP contribution is -1.49. The van der Waals surface area contributed by atoms with Gasteiger partial charge in [-0.25, -0.2) is 4.21 Å². The molecule has 2 nitrogen and oxygen atoms in total. The first-order valence-electron chi connectivity index (χ1n) is 1.07. The third kappa shape index (κ3) is 3.69. The lowest BCUT2D eigenvalue weighted by atomic mass is 11.3. The number of hydrogen-bond donors (Lipinski definition) is 2. The zero-order valence-electron chi connectivity index (χ0n) is 2.64. The number of nitrogens with one attached hydrogen (secondary N) is 1. The maximum atomic E-state index is 9.51. The average Bonchev–Trinajstić information content (AvgIpc) is 1.38. The van der Waals surface area contributed by atoms with Crippen molar-refractivity contribution < 1.29 is 4.21 Å². The summed E-state index contributed by atoms with van der Waals surface area (Å²) in [4.78, 5) is 0. The topological polar surface area (TPSA) is 40.9 Å². The van der Waals surface area contributed by atoms with Crippen LogP contribution in [0.4, 0.5) is 0 Å². The molecule has 0 heterocycles. The van der Waals surface area contributed by atoms with E-state index in [1.807, 2.05) is 0 Å². The van der Waals surface area contributed by atoms with Gasteiger partial charge in [-0.1, -0.05) is 6.58 Å². The summed E-state index contributed by atoms with van der Waals surface area (Å²) in [7, 11) is -1.83. The van der Waals surface area contributed by atoms with Gasteiger partial charge >= 0.3 is 0 Å². The molecule has 1 atom stereocenters. The second-order valence-corrected chi connectivity index (χ2v) is 1.53. The summed E-state index contributed by atoms with van der Waals surface area (Å²) in [5.74, 6) is 0. The van der Waals surface area contributed by atoms with Gasteiger partial charge in [-0.2, -0.15) is 0 Å². The average molecular weight is 91.1 g/mol. The fourth-order valence-electron chi connectivity index (χ4n) is 0. The largest absolute Gasteiger partial charge is 0.252 e. The quantitative estimate of drug-likeness (QED) is 0.450. The normalized spacial score (nSPS) is 13.6. The van der Waals surface area contributed by atoms with E-state index in [0.29, 0.717) is 0 Å². The van der Waals surface area contributed by atoms with E-state index in [1.54, 1.807) is 0 Å². The SMILES string of the molecule is C=C[SH](=N)=O. The van der Waals surface area contributed by atoms with Crippen LogP contribution in [0.1, 0.15) is 0 Å². The minimum atomic E-state index is -1.83. The monoisotopic (exact) mass is 91.0 g/mol. The third-order valence-corrected chi connectivity index (χ3v) is 0.497. The molecule has 0 saturated carbocycles. The lowest BCUT2D eigenvalue weighted by molar-refractivity contribution is 0.692. The van der Waals surface area contributed by atoms with Crippen LogP contribution in [0.25, 0.3) is 0 Å². The molecule has 3 heteroatoms. The molecule has 0 aliphatic carbocycles. The van der Waals surface area contributed by atoms with E-state index >= 15 is 0 Å². The van der Waals surface area contributed by atoms with Crippen LogP contribution in [0.5, 0.6) is 0 Å². The van der Waals surface area contributed by atoms with Crippen molar-refractivity contribution in [2.45, 2.75) is 0 Å². The summed E-state index contributed by atoms with van der Waals surface area (Å²) >= 11 is 0. The molecule has 0 aromatic carbocycles. The van der Waals surface area contributed by atoms with Crippen LogP contribution in [0, 0.1) is 4.78 Å². The van der Waals surface area contributed by atoms with Crippen molar-refractivity contribution in [2.75, 3.05) is 0 Å². The second-order valence-electron chi connectivity index (χ2n) is 0.508. The maximum Gasteiger partial charge on any atom is 0.0540 e. The Morgan fingerprint density at radius 1 is 2.00 bits per heavy atom. The van der Waals surface area contributed by atoms with Crippen LogP contribution in [0.15, 0.2) is 12.0 Å². The number of thiol groups is 1. The van der Waals surface area contributed by atoms with E-state index in [1.165, 1.54) is 0 Å². The summed E-state index contributed by atoms with van der Waals surface area (Å²) < 4.78 is 15.7. The zero-order chi connectivity index (χ0) is 4.28. The van der Waals surface area contributed by atoms with E-state index in [4.69, 9.17) is 4.78 Å². The van der Waals surface area contributed by atoms with E-state index in [-0.39, 0.29) is 0 Å². The van der Waals surface area contributed by atoms with Crippen LogP contribution in [-0.2, 0) is 10.6 Å². The van der Waals surface area contributed by atoms with Crippen molar-refractivity contribution in [3.63, 3.8) is 0 Å². The first kappa shape index (κ1) is 4.69. The van der Waals surface area contributed by atoms with Gasteiger partial charge in [0.05, 0.1) is 10.6 Å². The van der Waals surface area contributed by atoms with Gasteiger partial charge in [-0.3, -0.25) is 4.78 Å². The zero-order valence-corrected chi connectivity index (χ0v) is 3.53. The molecule has 0 fully saturated rings. The lowest BCUT2D eigenvalue weighted by Gasteiger charge is -1.55. The molecular formula is C2H5NOS. The van der Waals surface area contributed by atoms with Gasteiger partial charge in [-0.15, -0.1) is 0 Å². The summed E-state index contributed by atoms with van der Waals surface area (Å²) in [5, 5.41) is 1.09. The molecule has 0 amide bonds. The molecule has 0 aromatic heterocycles. The fraction of sp³-hybridized carbons (Fsp3) is 0. The third-order valence-electron chi connectivity index (χ3n) is 0.166. The van der Waals surface area contributed by atoms with Crippen molar-refractivity contribution in [2.24, 2.45) is 0 Å². The van der Waals surface area contributed by atoms with Crippen molar-refractivity contribution in [1.29, 1.82) is 4.78 Å². The van der Waals surface area contributed by atoms with Crippen molar-refractivity contribution >= 4 is 10.6 Å². The van der Waals surface area contributed by atoms with Crippen LogP contribution in [0.2, 0.25) is 0 Å². The Bertz CT molecular complexity index is 85.8. The van der Waals surface area contributed by atoms with Gasteiger partial charge in [0.2, 0.25) is 0 Å². The van der Waals surface area contributed by atoms with Gasteiger partial charge in [0.1, 0.15) is 0 Å². The van der Waals surface area contributed by atoms with E-state index in [2.05, 4.69) is 6.58 Å². The van der Waals surface area contributed by atoms with Crippen molar-refractivity contribution in [3.8, 4) is 0 Å². The van der Waals surface area contributed by atoms with Crippen molar-refractivity contribution in [1.82, 2.24) is 0 Å². The summed E-state index contributed by atoms with van der Waals surface area (Å²) in [6.45, 7) is 3.09.